The number of carboxylic acids is 1. The second-order valence-corrected chi connectivity index (χ2v) is 6.66. The molecule has 6 nitrogen and oxygen atoms in total. The van der Waals surface area contributed by atoms with Crippen molar-refractivity contribution in [2.24, 2.45) is 0 Å². The number of piperidine rings is 1. The first-order chi connectivity index (χ1) is 13.1. The minimum absolute atomic E-state index is 0.00210. The van der Waals surface area contributed by atoms with E-state index in [-0.39, 0.29) is 39.5 Å². The smallest absolute Gasteiger partial charge is 0.340 e. The number of aromatic hydroxyl groups is 1. The molecule has 0 aliphatic carbocycles. The standard InChI is InChI=1S/C21H19NO5/c23-14-9-10-15-17(16(14)20(24)22-11-5-2-6-12-22)18(21(25)26)19(27-15)13-7-3-1-4-8-13/h1,3-4,7-10,23H,2,5-6,11-12H2,(H,25,26). The Labute approximate surface area is 155 Å². The van der Waals surface area contributed by atoms with Crippen LogP contribution in [0.15, 0.2) is 46.9 Å². The van der Waals surface area contributed by atoms with E-state index in [4.69, 9.17) is 4.42 Å². The van der Waals surface area contributed by atoms with Crippen molar-refractivity contribution in [3.8, 4) is 17.1 Å². The number of carbonyl (C=O) groups is 2. The normalized spacial score (nSPS) is 14.4. The molecule has 2 heterocycles. The van der Waals surface area contributed by atoms with Crippen LogP contribution in [0.4, 0.5) is 0 Å². The van der Waals surface area contributed by atoms with Gasteiger partial charge >= 0.3 is 5.97 Å². The van der Waals surface area contributed by atoms with Crippen LogP contribution in [0.1, 0.15) is 40.0 Å². The third-order valence-electron chi connectivity index (χ3n) is 4.94. The number of likely N-dealkylation sites (tertiary alicyclic amines) is 1. The Morgan fingerprint density at radius 1 is 0.926 bits per heavy atom. The zero-order chi connectivity index (χ0) is 19.0. The van der Waals surface area contributed by atoms with Gasteiger partial charge in [0.2, 0.25) is 0 Å². The van der Waals surface area contributed by atoms with Crippen LogP contribution in [0.2, 0.25) is 0 Å². The summed E-state index contributed by atoms with van der Waals surface area (Å²) in [5, 5.41) is 20.4. The van der Waals surface area contributed by atoms with Gasteiger partial charge in [-0.1, -0.05) is 30.3 Å². The monoisotopic (exact) mass is 365 g/mol. The minimum atomic E-state index is -1.20. The summed E-state index contributed by atoms with van der Waals surface area (Å²) >= 11 is 0. The lowest BCUT2D eigenvalue weighted by Gasteiger charge is -2.27. The van der Waals surface area contributed by atoms with Crippen LogP contribution in [0.3, 0.4) is 0 Å². The van der Waals surface area contributed by atoms with Crippen molar-refractivity contribution in [2.75, 3.05) is 13.1 Å². The Kier molecular flexibility index (Phi) is 4.32. The molecule has 0 spiro atoms. The van der Waals surface area contributed by atoms with Crippen LogP contribution in [0, 0.1) is 0 Å². The number of hydrogen-bond acceptors (Lipinski definition) is 4. The van der Waals surface area contributed by atoms with Gasteiger partial charge in [0.05, 0.1) is 10.9 Å². The summed E-state index contributed by atoms with van der Waals surface area (Å²) in [7, 11) is 0. The van der Waals surface area contributed by atoms with Gasteiger partial charge in [-0.3, -0.25) is 4.79 Å². The average molecular weight is 365 g/mol. The zero-order valence-electron chi connectivity index (χ0n) is 14.6. The highest BCUT2D eigenvalue weighted by atomic mass is 16.4. The second kappa shape index (κ2) is 6.79. The van der Waals surface area contributed by atoms with Gasteiger partial charge in [-0.05, 0) is 31.4 Å². The lowest BCUT2D eigenvalue weighted by molar-refractivity contribution is 0.0699. The number of carbonyl (C=O) groups excluding carboxylic acids is 1. The van der Waals surface area contributed by atoms with Crippen molar-refractivity contribution in [3.63, 3.8) is 0 Å². The molecular formula is C21H19NO5. The lowest BCUT2D eigenvalue weighted by atomic mass is 9.99. The molecular weight excluding hydrogens is 346 g/mol. The fraction of sp³-hybridized carbons (Fsp3) is 0.238. The van der Waals surface area contributed by atoms with Crippen molar-refractivity contribution < 1.29 is 24.2 Å². The van der Waals surface area contributed by atoms with E-state index in [0.717, 1.165) is 19.3 Å². The predicted molar refractivity (Wildman–Crippen MR) is 100 cm³/mol. The molecule has 1 aliphatic heterocycles. The van der Waals surface area contributed by atoms with Gasteiger partial charge in [-0.2, -0.15) is 0 Å². The van der Waals surface area contributed by atoms with E-state index >= 15 is 0 Å². The Balaban J connectivity index is 1.96. The van der Waals surface area contributed by atoms with Gasteiger partial charge in [0, 0.05) is 18.7 Å². The van der Waals surface area contributed by atoms with E-state index < -0.39 is 5.97 Å². The van der Waals surface area contributed by atoms with Crippen LogP contribution in [-0.4, -0.2) is 40.1 Å². The molecule has 4 rings (SSSR count). The number of carboxylic acid groups (broad SMARTS) is 1. The molecule has 2 N–H and O–H groups in total. The summed E-state index contributed by atoms with van der Waals surface area (Å²) in [6, 6.07) is 11.8. The molecule has 1 saturated heterocycles. The average Bonchev–Trinajstić information content (AvgIpc) is 3.08. The van der Waals surface area contributed by atoms with Crippen LogP contribution in [-0.2, 0) is 0 Å². The molecule has 0 bridgehead atoms. The van der Waals surface area contributed by atoms with E-state index in [9.17, 15) is 19.8 Å². The van der Waals surface area contributed by atoms with Gasteiger partial charge in [0.1, 0.15) is 22.7 Å². The number of aromatic carboxylic acids is 1. The predicted octanol–water partition coefficient (Wildman–Crippen LogP) is 4.13. The summed E-state index contributed by atoms with van der Waals surface area (Å²) in [6.07, 6.45) is 2.86. The number of amides is 1. The van der Waals surface area contributed by atoms with Gasteiger partial charge < -0.3 is 19.5 Å². The maximum absolute atomic E-state index is 13.1. The summed E-state index contributed by atoms with van der Waals surface area (Å²) in [6.45, 7) is 1.20. The molecule has 1 amide bonds. The highest BCUT2D eigenvalue weighted by Gasteiger charge is 2.30. The van der Waals surface area contributed by atoms with Crippen LogP contribution < -0.4 is 0 Å². The Morgan fingerprint density at radius 3 is 2.30 bits per heavy atom. The van der Waals surface area contributed by atoms with E-state index in [1.807, 2.05) is 6.07 Å². The number of benzene rings is 2. The highest BCUT2D eigenvalue weighted by molar-refractivity contribution is 6.17. The SMILES string of the molecule is O=C(O)c1c(-c2ccccc2)oc2ccc(O)c(C(=O)N3CCCCC3)c12. The molecule has 1 aromatic heterocycles. The van der Waals surface area contributed by atoms with Crippen molar-refractivity contribution >= 4 is 22.8 Å². The third-order valence-corrected chi connectivity index (χ3v) is 4.94. The fourth-order valence-electron chi connectivity index (χ4n) is 3.65. The number of furan rings is 1. The zero-order valence-corrected chi connectivity index (χ0v) is 14.6. The van der Waals surface area contributed by atoms with Crippen molar-refractivity contribution in [3.05, 3.63) is 53.6 Å². The van der Waals surface area contributed by atoms with Gasteiger partial charge in [0.25, 0.3) is 5.91 Å². The van der Waals surface area contributed by atoms with E-state index in [2.05, 4.69) is 0 Å². The van der Waals surface area contributed by atoms with Gasteiger partial charge in [-0.15, -0.1) is 0 Å². The van der Waals surface area contributed by atoms with E-state index in [1.54, 1.807) is 29.2 Å². The molecule has 27 heavy (non-hydrogen) atoms. The molecule has 0 saturated carbocycles. The molecule has 3 aromatic rings. The number of rotatable bonds is 3. The first-order valence-corrected chi connectivity index (χ1v) is 8.94. The molecule has 2 aromatic carbocycles. The first kappa shape index (κ1) is 17.1. The topological polar surface area (TPSA) is 91.0 Å². The molecule has 0 radical (unpaired) electrons. The highest BCUT2D eigenvalue weighted by Crippen LogP contribution is 2.39. The number of hydrogen-bond donors (Lipinski definition) is 2. The van der Waals surface area contributed by atoms with Gasteiger partial charge in [0.15, 0.2) is 0 Å². The summed E-state index contributed by atoms with van der Waals surface area (Å²) in [4.78, 5) is 26.8. The van der Waals surface area contributed by atoms with Crippen molar-refractivity contribution in [1.29, 1.82) is 0 Å². The van der Waals surface area contributed by atoms with E-state index in [1.165, 1.54) is 12.1 Å². The van der Waals surface area contributed by atoms with Crippen molar-refractivity contribution in [1.82, 2.24) is 4.90 Å². The van der Waals surface area contributed by atoms with Crippen LogP contribution in [0.25, 0.3) is 22.3 Å². The Hall–Kier alpha value is -3.28. The largest absolute Gasteiger partial charge is 0.507 e. The third kappa shape index (κ3) is 2.93. The summed E-state index contributed by atoms with van der Waals surface area (Å²) < 4.78 is 5.82. The number of phenols is 1. The van der Waals surface area contributed by atoms with Crippen LogP contribution in [0.5, 0.6) is 5.75 Å². The molecule has 0 atom stereocenters. The summed E-state index contributed by atoms with van der Waals surface area (Å²) in [5.74, 6) is -1.62. The fourth-order valence-corrected chi connectivity index (χ4v) is 3.65. The Morgan fingerprint density at radius 2 is 1.63 bits per heavy atom. The lowest BCUT2D eigenvalue weighted by Crippen LogP contribution is -2.35. The minimum Gasteiger partial charge on any atom is -0.507 e. The molecule has 138 valence electrons. The number of phenolic OH excluding ortho intramolecular Hbond substituents is 1. The maximum Gasteiger partial charge on any atom is 0.340 e. The quantitative estimate of drug-likeness (QED) is 0.728. The number of nitrogens with zero attached hydrogens (tertiary/aromatic N) is 1. The van der Waals surface area contributed by atoms with Crippen molar-refractivity contribution in [2.45, 2.75) is 19.3 Å². The molecule has 1 aliphatic rings. The summed E-state index contributed by atoms with van der Waals surface area (Å²) in [5.41, 5.74) is 0.761. The first-order valence-electron chi connectivity index (χ1n) is 8.94. The number of fused-ring (bicyclic) bond motifs is 1. The Bertz CT molecular complexity index is 1020. The molecule has 1 fully saturated rings. The van der Waals surface area contributed by atoms with Crippen LogP contribution >= 0.6 is 0 Å². The molecule has 0 unspecified atom stereocenters. The second-order valence-electron chi connectivity index (χ2n) is 6.66. The van der Waals surface area contributed by atoms with E-state index in [0.29, 0.717) is 18.7 Å². The molecule has 6 heteroatoms. The van der Waals surface area contributed by atoms with Gasteiger partial charge in [-0.25, -0.2) is 4.79 Å². The maximum atomic E-state index is 13.1.